The van der Waals surface area contributed by atoms with Crippen molar-refractivity contribution in [3.05, 3.63) is 18.0 Å². The number of carbonyl (C=O) groups is 2. The Morgan fingerprint density at radius 2 is 2.08 bits per heavy atom. The van der Waals surface area contributed by atoms with Crippen LogP contribution in [0.3, 0.4) is 0 Å². The summed E-state index contributed by atoms with van der Waals surface area (Å²) < 4.78 is 28.7. The highest BCUT2D eigenvalue weighted by Gasteiger charge is 2.31. The van der Waals surface area contributed by atoms with Gasteiger partial charge in [0.05, 0.1) is 5.92 Å². The molecule has 0 spiro atoms. The molecule has 1 N–H and O–H groups in total. The predicted octanol–water partition coefficient (Wildman–Crippen LogP) is 1.24. The molecule has 1 aliphatic rings. The second-order valence-corrected chi connectivity index (χ2v) is 9.15. The quantitative estimate of drug-likeness (QED) is 0.794. The van der Waals surface area contributed by atoms with Crippen LogP contribution in [0, 0.1) is 11.8 Å². The highest BCUT2D eigenvalue weighted by Crippen LogP contribution is 2.25. The second kappa shape index (κ2) is 7.79. The molecule has 0 saturated carbocycles. The van der Waals surface area contributed by atoms with Gasteiger partial charge in [-0.2, -0.15) is 4.31 Å². The van der Waals surface area contributed by atoms with Crippen molar-refractivity contribution in [2.45, 2.75) is 31.6 Å². The van der Waals surface area contributed by atoms with Crippen LogP contribution < -0.4 is 0 Å². The Bertz CT molecular complexity index is 786. The van der Waals surface area contributed by atoms with E-state index in [0.717, 1.165) is 12.8 Å². The molecule has 1 aliphatic heterocycles. The van der Waals surface area contributed by atoms with Crippen LogP contribution in [-0.4, -0.2) is 65.9 Å². The van der Waals surface area contributed by atoms with Crippen LogP contribution in [0.1, 0.15) is 37.2 Å². The van der Waals surface area contributed by atoms with Crippen LogP contribution in [0.15, 0.2) is 17.2 Å². The monoisotopic (exact) mass is 385 g/mol. The third-order valence-corrected chi connectivity index (χ3v) is 6.60. The fourth-order valence-electron chi connectivity index (χ4n) is 3.17. The summed E-state index contributed by atoms with van der Waals surface area (Å²) in [4.78, 5) is 25.0. The maximum Gasteiger partial charge on any atom is 0.308 e. The van der Waals surface area contributed by atoms with Crippen molar-refractivity contribution < 1.29 is 23.1 Å². The minimum absolute atomic E-state index is 0.0467. The van der Waals surface area contributed by atoms with Gasteiger partial charge in [0.25, 0.3) is 5.91 Å². The molecule has 2 heterocycles. The zero-order valence-electron chi connectivity index (χ0n) is 15.7. The van der Waals surface area contributed by atoms with E-state index in [1.165, 1.54) is 40.0 Å². The number of carboxylic acids is 1. The highest BCUT2D eigenvalue weighted by molar-refractivity contribution is 7.89. The lowest BCUT2D eigenvalue weighted by Gasteiger charge is -2.29. The molecule has 146 valence electrons. The van der Waals surface area contributed by atoms with Gasteiger partial charge in [0, 0.05) is 39.9 Å². The smallest absolute Gasteiger partial charge is 0.308 e. The maximum atomic E-state index is 12.9. The number of carbonyl (C=O) groups excluding carboxylic acids is 1. The van der Waals surface area contributed by atoms with Crippen molar-refractivity contribution in [2.75, 3.05) is 26.7 Å². The molecular weight excluding hydrogens is 358 g/mol. The van der Waals surface area contributed by atoms with Gasteiger partial charge in [-0.15, -0.1) is 0 Å². The first-order valence-corrected chi connectivity index (χ1v) is 10.1. The van der Waals surface area contributed by atoms with Crippen molar-refractivity contribution in [1.29, 1.82) is 0 Å². The minimum atomic E-state index is -3.64. The number of aryl methyl sites for hydroxylation is 1. The normalized spacial score (nSPS) is 19.9. The van der Waals surface area contributed by atoms with Gasteiger partial charge < -0.3 is 14.6 Å². The van der Waals surface area contributed by atoms with Crippen LogP contribution in [0.5, 0.6) is 0 Å². The predicted molar refractivity (Wildman–Crippen MR) is 96.3 cm³/mol. The third-order valence-electron chi connectivity index (χ3n) is 4.77. The van der Waals surface area contributed by atoms with Crippen molar-refractivity contribution in [3.63, 3.8) is 0 Å². The molecule has 26 heavy (non-hydrogen) atoms. The van der Waals surface area contributed by atoms with Gasteiger partial charge in [0.15, 0.2) is 0 Å². The average molecular weight is 385 g/mol. The lowest BCUT2D eigenvalue weighted by atomic mass is 10.0. The molecule has 1 fully saturated rings. The Hall–Kier alpha value is -1.87. The first kappa shape index (κ1) is 20.4. The molecule has 8 nitrogen and oxygen atoms in total. The van der Waals surface area contributed by atoms with Gasteiger partial charge in [0.2, 0.25) is 10.0 Å². The summed E-state index contributed by atoms with van der Waals surface area (Å²) in [6.45, 7) is 4.56. The topological polar surface area (TPSA) is 99.9 Å². The fourth-order valence-corrected chi connectivity index (χ4v) is 4.84. The number of amides is 1. The van der Waals surface area contributed by atoms with Crippen LogP contribution in [0.25, 0.3) is 0 Å². The van der Waals surface area contributed by atoms with E-state index in [2.05, 4.69) is 0 Å². The number of hydrogen-bond acceptors (Lipinski definition) is 4. The first-order chi connectivity index (χ1) is 12.0. The van der Waals surface area contributed by atoms with Crippen molar-refractivity contribution >= 4 is 21.9 Å². The number of nitrogens with zero attached hydrogens (tertiary/aromatic N) is 3. The standard InChI is InChI=1S/C17H27N3O5S/c1-12-6-5-7-20(9-12)26(24,25)14-8-15(18(3)11-14)16(21)19(4)10-13(2)17(22)23/h8,11-13H,5-7,9-10H2,1-4H3,(H,22,23). The molecule has 0 aromatic carbocycles. The number of hydrogen-bond donors (Lipinski definition) is 1. The number of sulfonamides is 1. The van der Waals surface area contributed by atoms with Gasteiger partial charge in [-0.05, 0) is 24.8 Å². The van der Waals surface area contributed by atoms with Crippen molar-refractivity contribution in [3.8, 4) is 0 Å². The fraction of sp³-hybridized carbons (Fsp3) is 0.647. The number of piperidine rings is 1. The summed E-state index contributed by atoms with van der Waals surface area (Å²) in [5.74, 6) is -1.79. The van der Waals surface area contributed by atoms with Crippen LogP contribution in [0.2, 0.25) is 0 Å². The lowest BCUT2D eigenvalue weighted by molar-refractivity contribution is -0.141. The van der Waals surface area contributed by atoms with E-state index in [-0.39, 0.29) is 17.1 Å². The molecule has 1 saturated heterocycles. The number of aliphatic carboxylic acids is 1. The van der Waals surface area contributed by atoms with E-state index >= 15 is 0 Å². The molecule has 0 aliphatic carbocycles. The van der Waals surface area contributed by atoms with Crippen molar-refractivity contribution in [1.82, 2.24) is 13.8 Å². The number of carboxylic acid groups (broad SMARTS) is 1. The summed E-state index contributed by atoms with van der Waals surface area (Å²) in [5, 5.41) is 8.99. The zero-order valence-corrected chi connectivity index (χ0v) is 16.5. The van der Waals surface area contributed by atoms with E-state index in [1.807, 2.05) is 6.92 Å². The van der Waals surface area contributed by atoms with E-state index in [0.29, 0.717) is 19.0 Å². The third kappa shape index (κ3) is 4.27. The molecular formula is C17H27N3O5S. The maximum absolute atomic E-state index is 12.9. The van der Waals surface area contributed by atoms with Crippen LogP contribution >= 0.6 is 0 Å². The number of aromatic nitrogens is 1. The van der Waals surface area contributed by atoms with Gasteiger partial charge in [0.1, 0.15) is 10.6 Å². The molecule has 2 unspecified atom stereocenters. The van der Waals surface area contributed by atoms with Gasteiger partial charge in [-0.3, -0.25) is 9.59 Å². The first-order valence-electron chi connectivity index (χ1n) is 8.68. The summed E-state index contributed by atoms with van der Waals surface area (Å²) in [6, 6.07) is 1.37. The van der Waals surface area contributed by atoms with E-state index < -0.39 is 27.8 Å². The molecule has 1 amide bonds. The van der Waals surface area contributed by atoms with Crippen molar-refractivity contribution in [2.24, 2.45) is 18.9 Å². The Morgan fingerprint density at radius 3 is 2.65 bits per heavy atom. The Kier molecular flexibility index (Phi) is 6.13. The molecule has 9 heteroatoms. The molecule has 0 radical (unpaired) electrons. The van der Waals surface area contributed by atoms with Gasteiger partial charge >= 0.3 is 5.97 Å². The zero-order chi connectivity index (χ0) is 19.6. The largest absolute Gasteiger partial charge is 0.481 e. The van der Waals surface area contributed by atoms with E-state index in [9.17, 15) is 18.0 Å². The van der Waals surface area contributed by atoms with E-state index in [1.54, 1.807) is 7.05 Å². The highest BCUT2D eigenvalue weighted by atomic mass is 32.2. The van der Waals surface area contributed by atoms with Gasteiger partial charge in [-0.1, -0.05) is 13.8 Å². The molecule has 0 bridgehead atoms. The molecule has 1 aromatic rings. The average Bonchev–Trinajstić information content (AvgIpc) is 2.96. The summed E-state index contributed by atoms with van der Waals surface area (Å²) in [5.41, 5.74) is 0.216. The molecule has 2 atom stereocenters. The van der Waals surface area contributed by atoms with Gasteiger partial charge in [-0.25, -0.2) is 8.42 Å². The Labute approximate surface area is 154 Å². The van der Waals surface area contributed by atoms with Crippen LogP contribution in [0.4, 0.5) is 0 Å². The summed E-state index contributed by atoms with van der Waals surface area (Å²) in [7, 11) is -0.525. The minimum Gasteiger partial charge on any atom is -0.481 e. The summed E-state index contributed by atoms with van der Waals surface area (Å²) >= 11 is 0. The summed E-state index contributed by atoms with van der Waals surface area (Å²) in [6.07, 6.45) is 3.28. The SMILES string of the molecule is CC1CCCN(S(=O)(=O)c2cc(C(=O)N(C)CC(C)C(=O)O)n(C)c2)C1. The number of rotatable bonds is 6. The Morgan fingerprint density at radius 1 is 1.42 bits per heavy atom. The molecule has 1 aromatic heterocycles. The molecule has 2 rings (SSSR count). The Balaban J connectivity index is 2.22. The van der Waals surface area contributed by atoms with Crippen LogP contribution in [-0.2, 0) is 21.9 Å². The van der Waals surface area contributed by atoms with E-state index in [4.69, 9.17) is 5.11 Å². The second-order valence-electron chi connectivity index (χ2n) is 7.21. The lowest BCUT2D eigenvalue weighted by Crippen LogP contribution is -2.38.